The molecule has 0 radical (unpaired) electrons. The minimum absolute atomic E-state index is 0.00546. The first kappa shape index (κ1) is 16.9. The topological polar surface area (TPSA) is 80.5 Å². The normalized spacial score (nSPS) is 22.8. The molecule has 1 atom stereocenters. The number of thiol groups is 1. The average molecular weight is 351 g/mol. The van der Waals surface area contributed by atoms with E-state index in [9.17, 15) is 14.4 Å². The number of carbonyl (C=O) groups is 3. The van der Waals surface area contributed by atoms with Crippen molar-refractivity contribution in [2.45, 2.75) is 18.6 Å². The number of rotatable bonds is 5. The molecule has 1 N–H and O–H groups in total. The summed E-state index contributed by atoms with van der Waals surface area (Å²) in [6.07, 6.45) is 1.67. The van der Waals surface area contributed by atoms with E-state index in [1.807, 2.05) is 14.7 Å². The quantitative estimate of drug-likeness (QED) is 0.409. The summed E-state index contributed by atoms with van der Waals surface area (Å²) in [7, 11) is 0. The Bertz CT molecular complexity index is 644. The van der Waals surface area contributed by atoms with Crippen molar-refractivity contribution in [3.63, 3.8) is 0 Å². The van der Waals surface area contributed by atoms with Gasteiger partial charge in [0.25, 0.3) is 0 Å². The van der Waals surface area contributed by atoms with Gasteiger partial charge in [-0.2, -0.15) is 12.6 Å². The van der Waals surface area contributed by atoms with E-state index < -0.39 is 5.97 Å². The van der Waals surface area contributed by atoms with Crippen molar-refractivity contribution in [1.82, 2.24) is 14.7 Å². The van der Waals surface area contributed by atoms with Gasteiger partial charge in [-0.3, -0.25) is 14.4 Å². The molecule has 1 unspecified atom stereocenters. The van der Waals surface area contributed by atoms with Crippen molar-refractivity contribution in [2.75, 3.05) is 39.3 Å². The summed E-state index contributed by atoms with van der Waals surface area (Å²) in [5.41, 5.74) is 1.89. The van der Waals surface area contributed by atoms with Crippen LogP contribution in [0.15, 0.2) is 23.2 Å². The molecule has 24 heavy (non-hydrogen) atoms. The number of carboxylic acid groups (broad SMARTS) is 1. The van der Waals surface area contributed by atoms with Crippen LogP contribution in [0.1, 0.15) is 13.3 Å². The van der Waals surface area contributed by atoms with Crippen LogP contribution in [-0.2, 0) is 14.4 Å². The van der Waals surface area contributed by atoms with Crippen molar-refractivity contribution < 1.29 is 19.5 Å². The molecule has 1 aliphatic carbocycles. The molecule has 7 nitrogen and oxygen atoms in total. The van der Waals surface area contributed by atoms with E-state index in [1.165, 1.54) is 6.08 Å². The zero-order chi connectivity index (χ0) is 17.4. The van der Waals surface area contributed by atoms with Crippen LogP contribution in [0.25, 0.3) is 0 Å². The van der Waals surface area contributed by atoms with Gasteiger partial charge in [0.2, 0.25) is 11.6 Å². The van der Waals surface area contributed by atoms with E-state index in [-0.39, 0.29) is 23.2 Å². The number of hydrogen-bond acceptors (Lipinski definition) is 7. The Morgan fingerprint density at radius 3 is 1.96 bits per heavy atom. The summed E-state index contributed by atoms with van der Waals surface area (Å²) in [5, 5.41) is 8.00. The van der Waals surface area contributed by atoms with E-state index in [4.69, 9.17) is 5.11 Å². The van der Waals surface area contributed by atoms with Gasteiger partial charge in [-0.15, -0.1) is 0 Å². The fraction of sp³-hybridized carbons (Fsp3) is 0.562. The van der Waals surface area contributed by atoms with Crippen molar-refractivity contribution in [2.24, 2.45) is 0 Å². The first-order valence-electron chi connectivity index (χ1n) is 8.08. The van der Waals surface area contributed by atoms with Gasteiger partial charge in [-0.25, -0.2) is 0 Å². The van der Waals surface area contributed by atoms with Gasteiger partial charge in [-0.1, -0.05) is 6.92 Å². The maximum absolute atomic E-state index is 12.4. The van der Waals surface area contributed by atoms with Gasteiger partial charge in [0.05, 0.1) is 12.1 Å². The molecular weight excluding hydrogens is 330 g/mol. The molecule has 3 fully saturated rings. The third-order valence-corrected chi connectivity index (χ3v) is 4.14. The number of carboxylic acids is 1. The third-order valence-electron chi connectivity index (χ3n) is 3.96. The van der Waals surface area contributed by atoms with Crippen LogP contribution in [0.3, 0.4) is 0 Å². The highest BCUT2D eigenvalue weighted by Crippen LogP contribution is 2.33. The number of ketones is 2. The van der Waals surface area contributed by atoms with Crippen molar-refractivity contribution in [3.05, 3.63) is 23.2 Å². The molecule has 0 spiro atoms. The molecular formula is C16H21N3O4S. The van der Waals surface area contributed by atoms with Gasteiger partial charge in [0.1, 0.15) is 11.4 Å². The summed E-state index contributed by atoms with van der Waals surface area (Å²) in [4.78, 5) is 40.2. The van der Waals surface area contributed by atoms with E-state index in [0.717, 1.165) is 39.3 Å². The monoisotopic (exact) mass is 351 g/mol. The molecule has 0 aromatic heterocycles. The summed E-state index contributed by atoms with van der Waals surface area (Å²) >= 11 is 3.86. The van der Waals surface area contributed by atoms with Gasteiger partial charge in [0.15, 0.2) is 0 Å². The molecule has 4 rings (SSSR count). The number of allylic oxidation sites excluding steroid dienone is 1. The predicted molar refractivity (Wildman–Crippen MR) is 90.5 cm³/mol. The lowest BCUT2D eigenvalue weighted by molar-refractivity contribution is -0.136. The van der Waals surface area contributed by atoms with Crippen LogP contribution in [0, 0.1) is 0 Å². The standard InChI is InChI=1S/C12H13N3O2.C4H8O2S/c16-9-7-8(13-1-2-13)12(17)11(15-5-6-15)10(9)14-3-4-14;1-3(7)2-4(5)6/h7H,1-6H2;3,7H,2H2,1H3,(H,5,6). The van der Waals surface area contributed by atoms with Crippen LogP contribution in [0.5, 0.6) is 0 Å². The minimum Gasteiger partial charge on any atom is -0.481 e. The predicted octanol–water partition coefficient (Wildman–Crippen LogP) is -0.0401. The Balaban J connectivity index is 0.000000209. The van der Waals surface area contributed by atoms with Crippen molar-refractivity contribution in [3.8, 4) is 0 Å². The average Bonchev–Trinajstić information content (AvgIpc) is 3.36. The highest BCUT2D eigenvalue weighted by molar-refractivity contribution is 7.80. The molecule has 3 heterocycles. The van der Waals surface area contributed by atoms with Crippen LogP contribution in [0.2, 0.25) is 0 Å². The van der Waals surface area contributed by atoms with Gasteiger partial charge in [-0.05, 0) is 0 Å². The Hall–Kier alpha value is -1.96. The van der Waals surface area contributed by atoms with E-state index in [0.29, 0.717) is 17.1 Å². The second-order valence-corrected chi connectivity index (χ2v) is 7.21. The third kappa shape index (κ3) is 3.92. The molecule has 0 bridgehead atoms. The molecule has 0 aromatic carbocycles. The van der Waals surface area contributed by atoms with Gasteiger partial charge >= 0.3 is 5.97 Å². The second-order valence-electron chi connectivity index (χ2n) is 6.33. The first-order valence-corrected chi connectivity index (χ1v) is 8.60. The molecule has 130 valence electrons. The maximum atomic E-state index is 12.4. The van der Waals surface area contributed by atoms with E-state index >= 15 is 0 Å². The van der Waals surface area contributed by atoms with E-state index in [1.54, 1.807) is 6.92 Å². The number of hydrogen-bond donors (Lipinski definition) is 2. The Morgan fingerprint density at radius 2 is 1.58 bits per heavy atom. The lowest BCUT2D eigenvalue weighted by atomic mass is 10.0. The fourth-order valence-electron chi connectivity index (χ4n) is 2.53. The molecule has 3 aliphatic heterocycles. The Morgan fingerprint density at radius 1 is 1.08 bits per heavy atom. The summed E-state index contributed by atoms with van der Waals surface area (Å²) in [6, 6.07) is 0. The maximum Gasteiger partial charge on any atom is 0.304 e. The Labute approximate surface area is 146 Å². The lowest BCUT2D eigenvalue weighted by Gasteiger charge is -2.21. The Kier molecular flexibility index (Phi) is 4.58. The summed E-state index contributed by atoms with van der Waals surface area (Å²) < 4.78 is 0. The molecule has 0 amide bonds. The number of nitrogens with zero attached hydrogens (tertiary/aromatic N) is 3. The zero-order valence-electron chi connectivity index (χ0n) is 13.6. The van der Waals surface area contributed by atoms with Crippen LogP contribution in [0.4, 0.5) is 0 Å². The van der Waals surface area contributed by atoms with Crippen molar-refractivity contribution >= 4 is 30.2 Å². The largest absolute Gasteiger partial charge is 0.481 e. The highest BCUT2D eigenvalue weighted by atomic mass is 32.1. The lowest BCUT2D eigenvalue weighted by Crippen LogP contribution is -2.29. The SMILES string of the molecule is CC(S)CC(=O)O.O=C1C=C(N2CC2)C(=O)C(N2CC2)=C1N1CC1. The first-order chi connectivity index (χ1) is 11.4. The fourth-order valence-corrected chi connectivity index (χ4v) is 2.68. The number of aliphatic carboxylic acids is 1. The molecule has 4 aliphatic rings. The van der Waals surface area contributed by atoms with Crippen LogP contribution < -0.4 is 0 Å². The molecule has 8 heteroatoms. The van der Waals surface area contributed by atoms with Crippen molar-refractivity contribution in [1.29, 1.82) is 0 Å². The molecule has 0 aromatic rings. The smallest absolute Gasteiger partial charge is 0.304 e. The molecule has 0 saturated carbocycles. The number of Topliss-reactive ketones (excluding diaryl/α,β-unsaturated/α-hetero) is 1. The van der Waals surface area contributed by atoms with Gasteiger partial charge < -0.3 is 19.8 Å². The van der Waals surface area contributed by atoms with Crippen LogP contribution in [-0.4, -0.2) is 81.9 Å². The zero-order valence-corrected chi connectivity index (χ0v) is 14.5. The molecule has 3 saturated heterocycles. The number of carbonyl (C=O) groups excluding carboxylic acids is 2. The van der Waals surface area contributed by atoms with E-state index in [2.05, 4.69) is 12.6 Å². The summed E-state index contributed by atoms with van der Waals surface area (Å²) in [5.74, 6) is -0.741. The van der Waals surface area contributed by atoms with Gasteiger partial charge in [0, 0.05) is 50.6 Å². The minimum atomic E-state index is -0.789. The highest BCUT2D eigenvalue weighted by Gasteiger charge is 2.43. The summed E-state index contributed by atoms with van der Waals surface area (Å²) in [6.45, 7) is 7.15. The second kappa shape index (κ2) is 6.51. The van der Waals surface area contributed by atoms with Crippen LogP contribution >= 0.6 is 12.6 Å².